The van der Waals surface area contributed by atoms with Crippen LogP contribution < -0.4 is 15.6 Å². The van der Waals surface area contributed by atoms with Gasteiger partial charge in [0.05, 0.1) is 6.61 Å². The maximum Gasteiger partial charge on any atom is 0.254 e. The molecule has 7 heteroatoms. The Hall–Kier alpha value is -3.48. The molecular formula is C22H22N4O3. The Morgan fingerprint density at radius 2 is 2.21 bits per heavy atom. The summed E-state index contributed by atoms with van der Waals surface area (Å²) in [4.78, 5) is 36.2. The average Bonchev–Trinajstić information content (AvgIpc) is 2.73. The quantitative estimate of drug-likeness (QED) is 0.698. The molecule has 3 heterocycles. The summed E-state index contributed by atoms with van der Waals surface area (Å²) in [6.45, 7) is 2.52. The predicted octanol–water partition coefficient (Wildman–Crippen LogP) is 3.04. The molecule has 0 fully saturated rings. The lowest BCUT2D eigenvalue weighted by atomic mass is 10.1. The second-order valence-electron chi connectivity index (χ2n) is 7.04. The highest BCUT2D eigenvalue weighted by Crippen LogP contribution is 2.27. The molecule has 4 rings (SSSR count). The van der Waals surface area contributed by atoms with Crippen molar-refractivity contribution in [2.75, 3.05) is 11.9 Å². The number of carbonyl (C=O) groups is 1. The summed E-state index contributed by atoms with van der Waals surface area (Å²) in [5, 5.41) is 2.90. The van der Waals surface area contributed by atoms with Crippen LogP contribution in [0.15, 0.2) is 47.5 Å². The molecular weight excluding hydrogens is 368 g/mol. The fraction of sp³-hybridized carbons (Fsp3) is 0.273. The number of carbonyl (C=O) groups excluding carboxylic acids is 1. The number of aromatic nitrogens is 3. The van der Waals surface area contributed by atoms with Crippen molar-refractivity contribution in [1.29, 1.82) is 0 Å². The molecule has 29 heavy (non-hydrogen) atoms. The van der Waals surface area contributed by atoms with Crippen molar-refractivity contribution in [3.05, 3.63) is 69.9 Å². The van der Waals surface area contributed by atoms with Crippen molar-refractivity contribution in [2.24, 2.45) is 0 Å². The van der Waals surface area contributed by atoms with Crippen molar-refractivity contribution in [1.82, 2.24) is 15.0 Å². The number of rotatable bonds is 5. The van der Waals surface area contributed by atoms with Gasteiger partial charge in [-0.3, -0.25) is 14.6 Å². The number of nitrogens with one attached hydrogen (secondary N) is 2. The van der Waals surface area contributed by atoms with Gasteiger partial charge in [-0.25, -0.2) is 4.98 Å². The van der Waals surface area contributed by atoms with E-state index in [0.29, 0.717) is 23.5 Å². The largest absolute Gasteiger partial charge is 0.493 e. The van der Waals surface area contributed by atoms with Crippen molar-refractivity contribution in [3.63, 3.8) is 0 Å². The Morgan fingerprint density at radius 1 is 1.31 bits per heavy atom. The maximum atomic E-state index is 12.5. The summed E-state index contributed by atoms with van der Waals surface area (Å²) in [7, 11) is 0. The van der Waals surface area contributed by atoms with Gasteiger partial charge in [0.15, 0.2) is 0 Å². The van der Waals surface area contributed by atoms with Gasteiger partial charge >= 0.3 is 0 Å². The Kier molecular flexibility index (Phi) is 5.37. The van der Waals surface area contributed by atoms with Crippen LogP contribution in [-0.2, 0) is 17.6 Å². The predicted molar refractivity (Wildman–Crippen MR) is 110 cm³/mol. The Labute approximate surface area is 168 Å². The molecule has 0 atom stereocenters. The van der Waals surface area contributed by atoms with Crippen molar-refractivity contribution < 1.29 is 9.53 Å². The van der Waals surface area contributed by atoms with Crippen LogP contribution in [0.25, 0.3) is 11.4 Å². The average molecular weight is 390 g/mol. The first-order chi connectivity index (χ1) is 14.1. The number of aromatic amines is 1. The molecule has 0 unspecified atom stereocenters. The molecule has 0 radical (unpaired) electrons. The summed E-state index contributed by atoms with van der Waals surface area (Å²) >= 11 is 0. The van der Waals surface area contributed by atoms with E-state index in [0.717, 1.165) is 42.0 Å². The molecule has 2 aromatic heterocycles. The molecule has 0 saturated carbocycles. The fourth-order valence-electron chi connectivity index (χ4n) is 3.44. The number of hydrogen-bond donors (Lipinski definition) is 2. The molecule has 1 aromatic carbocycles. The number of amides is 1. The molecule has 0 aliphatic carbocycles. The van der Waals surface area contributed by atoms with Crippen LogP contribution in [0, 0.1) is 6.92 Å². The molecule has 7 nitrogen and oxygen atoms in total. The molecule has 3 aromatic rings. The van der Waals surface area contributed by atoms with Crippen LogP contribution >= 0.6 is 0 Å². The molecule has 1 aliphatic heterocycles. The highest BCUT2D eigenvalue weighted by Gasteiger charge is 2.14. The van der Waals surface area contributed by atoms with E-state index in [2.05, 4.69) is 20.3 Å². The number of benzene rings is 1. The number of H-pyrrole nitrogens is 1. The van der Waals surface area contributed by atoms with Gasteiger partial charge in [0.25, 0.3) is 5.56 Å². The number of pyridine rings is 1. The number of nitrogens with zero attached hydrogens (tertiary/aromatic N) is 2. The minimum absolute atomic E-state index is 0.142. The monoisotopic (exact) mass is 390 g/mol. The first kappa shape index (κ1) is 18.9. The Bertz CT molecular complexity index is 1090. The van der Waals surface area contributed by atoms with E-state index >= 15 is 0 Å². The summed E-state index contributed by atoms with van der Waals surface area (Å²) in [6.07, 6.45) is 5.76. The van der Waals surface area contributed by atoms with E-state index in [1.54, 1.807) is 25.4 Å². The molecule has 0 spiro atoms. The zero-order valence-corrected chi connectivity index (χ0v) is 16.2. The van der Waals surface area contributed by atoms with Gasteiger partial charge in [-0.1, -0.05) is 0 Å². The van der Waals surface area contributed by atoms with Gasteiger partial charge in [-0.15, -0.1) is 0 Å². The number of ether oxygens (including phenoxy) is 1. The second-order valence-corrected chi connectivity index (χ2v) is 7.04. The van der Waals surface area contributed by atoms with E-state index in [1.165, 1.54) is 0 Å². The Balaban J connectivity index is 1.42. The third-order valence-electron chi connectivity index (χ3n) is 4.95. The highest BCUT2D eigenvalue weighted by atomic mass is 16.5. The first-order valence-electron chi connectivity index (χ1n) is 9.66. The smallest absolute Gasteiger partial charge is 0.254 e. The minimum atomic E-state index is -0.227. The zero-order chi connectivity index (χ0) is 20.2. The van der Waals surface area contributed by atoms with Crippen LogP contribution in [0.5, 0.6) is 5.75 Å². The number of aryl methyl sites for hydroxylation is 2. The lowest BCUT2D eigenvalue weighted by Gasteiger charge is -2.18. The van der Waals surface area contributed by atoms with E-state index < -0.39 is 0 Å². The number of fused-ring (bicyclic) bond motifs is 1. The lowest BCUT2D eigenvalue weighted by molar-refractivity contribution is -0.116. The fourth-order valence-corrected chi connectivity index (χ4v) is 3.44. The summed E-state index contributed by atoms with van der Waals surface area (Å²) in [5.74, 6) is 1.22. The van der Waals surface area contributed by atoms with E-state index in [9.17, 15) is 9.59 Å². The van der Waals surface area contributed by atoms with Gasteiger partial charge in [-0.2, -0.15) is 0 Å². The van der Waals surface area contributed by atoms with E-state index in [-0.39, 0.29) is 17.9 Å². The van der Waals surface area contributed by atoms with E-state index in [4.69, 9.17) is 4.74 Å². The second kappa shape index (κ2) is 8.26. The van der Waals surface area contributed by atoms with Crippen LogP contribution in [0.4, 0.5) is 5.69 Å². The Morgan fingerprint density at radius 3 is 3.00 bits per heavy atom. The van der Waals surface area contributed by atoms with Crippen LogP contribution in [0.2, 0.25) is 0 Å². The topological polar surface area (TPSA) is 97.0 Å². The van der Waals surface area contributed by atoms with Crippen molar-refractivity contribution >= 4 is 11.6 Å². The van der Waals surface area contributed by atoms with Gasteiger partial charge < -0.3 is 15.0 Å². The van der Waals surface area contributed by atoms with Gasteiger partial charge in [-0.05, 0) is 62.1 Å². The molecule has 1 aliphatic rings. The van der Waals surface area contributed by atoms with Crippen LogP contribution in [0.3, 0.4) is 0 Å². The third kappa shape index (κ3) is 4.34. The van der Waals surface area contributed by atoms with Crippen LogP contribution in [-0.4, -0.2) is 27.5 Å². The minimum Gasteiger partial charge on any atom is -0.493 e. The summed E-state index contributed by atoms with van der Waals surface area (Å²) in [5.41, 5.74) is 3.51. The van der Waals surface area contributed by atoms with Gasteiger partial charge in [0.2, 0.25) is 5.91 Å². The maximum absolute atomic E-state index is 12.5. The van der Waals surface area contributed by atoms with Crippen LogP contribution in [0.1, 0.15) is 29.7 Å². The normalized spacial score (nSPS) is 12.7. The number of hydrogen-bond acceptors (Lipinski definition) is 5. The molecule has 2 N–H and O–H groups in total. The molecule has 0 bridgehead atoms. The standard InChI is InChI=1S/C22H22N4O3/c1-14-18(22(28)26-21(24-14)16-4-2-10-23-13-16)7-9-20(27)25-17-6-8-19-15(12-17)5-3-11-29-19/h2,4,6,8,10,12-13H,3,5,7,9,11H2,1H3,(H,25,27)(H,24,26,28). The van der Waals surface area contributed by atoms with Gasteiger partial charge in [0, 0.05) is 41.3 Å². The van der Waals surface area contributed by atoms with Crippen molar-refractivity contribution in [2.45, 2.75) is 32.6 Å². The third-order valence-corrected chi connectivity index (χ3v) is 4.95. The molecule has 1 amide bonds. The highest BCUT2D eigenvalue weighted by molar-refractivity contribution is 5.91. The summed E-state index contributed by atoms with van der Waals surface area (Å²) < 4.78 is 5.59. The van der Waals surface area contributed by atoms with E-state index in [1.807, 2.05) is 24.3 Å². The van der Waals surface area contributed by atoms with Crippen molar-refractivity contribution in [3.8, 4) is 17.1 Å². The lowest BCUT2D eigenvalue weighted by Crippen LogP contribution is -2.20. The molecule has 0 saturated heterocycles. The van der Waals surface area contributed by atoms with Gasteiger partial charge in [0.1, 0.15) is 11.6 Å². The molecule has 148 valence electrons. The zero-order valence-electron chi connectivity index (χ0n) is 16.2. The first-order valence-corrected chi connectivity index (χ1v) is 9.66. The summed E-state index contributed by atoms with van der Waals surface area (Å²) in [6, 6.07) is 9.30. The number of anilines is 1. The SMILES string of the molecule is Cc1nc(-c2cccnc2)[nH]c(=O)c1CCC(=O)Nc1ccc2c(c1)CCCO2.